The standard InChI is InChI=1S/C23H32BFO4Si/c1-15(2)30(16(3)4,17(5)6)11-10-20-22(25)9-8-18-12-19(29-14-28-7)13-21(23(18)20)24(26)27/h8-9,12-13,15-17,26-27H,14H2,1-7H3. The highest BCUT2D eigenvalue weighted by atomic mass is 28.3. The summed E-state index contributed by atoms with van der Waals surface area (Å²) in [7, 11) is -2.38. The highest BCUT2D eigenvalue weighted by Crippen LogP contribution is 2.41. The van der Waals surface area contributed by atoms with Crippen molar-refractivity contribution in [1.29, 1.82) is 0 Å². The molecule has 0 radical (unpaired) electrons. The quantitative estimate of drug-likeness (QED) is 0.393. The summed E-state index contributed by atoms with van der Waals surface area (Å²) in [4.78, 5) is 0. The first-order valence-electron chi connectivity index (χ1n) is 10.3. The monoisotopic (exact) mass is 430 g/mol. The van der Waals surface area contributed by atoms with E-state index in [-0.39, 0.29) is 17.8 Å². The Morgan fingerprint density at radius 3 is 2.13 bits per heavy atom. The van der Waals surface area contributed by atoms with E-state index in [4.69, 9.17) is 9.47 Å². The molecule has 0 aliphatic rings. The number of hydrogen-bond acceptors (Lipinski definition) is 4. The molecule has 0 amide bonds. The number of benzene rings is 2. The van der Waals surface area contributed by atoms with Gasteiger partial charge in [-0.3, -0.25) is 0 Å². The first kappa shape index (κ1) is 24.4. The van der Waals surface area contributed by atoms with Gasteiger partial charge >= 0.3 is 7.12 Å². The van der Waals surface area contributed by atoms with Crippen molar-refractivity contribution in [1.82, 2.24) is 0 Å². The van der Waals surface area contributed by atoms with Gasteiger partial charge in [0.25, 0.3) is 0 Å². The van der Waals surface area contributed by atoms with Gasteiger partial charge in [-0.1, -0.05) is 53.5 Å². The van der Waals surface area contributed by atoms with Gasteiger partial charge in [0.15, 0.2) is 6.79 Å². The van der Waals surface area contributed by atoms with E-state index in [0.717, 1.165) is 0 Å². The largest absolute Gasteiger partial charge is 0.489 e. The van der Waals surface area contributed by atoms with Crippen LogP contribution in [0.2, 0.25) is 16.6 Å². The minimum Gasteiger partial charge on any atom is -0.468 e. The van der Waals surface area contributed by atoms with Crippen molar-refractivity contribution < 1.29 is 23.9 Å². The number of ether oxygens (including phenoxy) is 2. The topological polar surface area (TPSA) is 58.9 Å². The van der Waals surface area contributed by atoms with E-state index in [0.29, 0.717) is 33.1 Å². The predicted molar refractivity (Wildman–Crippen MR) is 124 cm³/mol. The lowest BCUT2D eigenvalue weighted by Crippen LogP contribution is -2.43. The molecule has 0 saturated heterocycles. The molecular formula is C23H32BFO4Si. The van der Waals surface area contributed by atoms with Gasteiger partial charge in [-0.25, -0.2) is 4.39 Å². The van der Waals surface area contributed by atoms with Crippen molar-refractivity contribution in [2.75, 3.05) is 13.9 Å². The molecule has 0 fully saturated rings. The van der Waals surface area contributed by atoms with Crippen LogP contribution in [-0.4, -0.2) is 39.1 Å². The summed E-state index contributed by atoms with van der Waals surface area (Å²) in [6.07, 6.45) is 0. The van der Waals surface area contributed by atoms with Crippen molar-refractivity contribution in [2.24, 2.45) is 0 Å². The SMILES string of the molecule is COCOc1cc(B(O)O)c2c(C#C[Si](C(C)C)(C(C)C)C(C)C)c(F)ccc2c1. The second kappa shape index (κ2) is 9.97. The number of halogens is 1. The highest BCUT2D eigenvalue weighted by molar-refractivity contribution is 6.90. The summed E-state index contributed by atoms with van der Waals surface area (Å²) in [6, 6.07) is 6.18. The fourth-order valence-corrected chi connectivity index (χ4v) is 9.79. The summed E-state index contributed by atoms with van der Waals surface area (Å²) in [6.45, 7) is 13.2. The van der Waals surface area contributed by atoms with E-state index < -0.39 is 21.0 Å². The van der Waals surface area contributed by atoms with Gasteiger partial charge < -0.3 is 19.5 Å². The molecule has 2 aromatic rings. The summed E-state index contributed by atoms with van der Waals surface area (Å²) < 4.78 is 25.3. The molecule has 0 heterocycles. The van der Waals surface area contributed by atoms with Crippen LogP contribution in [-0.2, 0) is 4.74 Å². The van der Waals surface area contributed by atoms with Crippen LogP contribution in [0.4, 0.5) is 4.39 Å². The van der Waals surface area contributed by atoms with Gasteiger partial charge in [-0.15, -0.1) is 5.54 Å². The van der Waals surface area contributed by atoms with E-state index in [1.165, 1.54) is 19.2 Å². The van der Waals surface area contributed by atoms with E-state index in [1.54, 1.807) is 12.1 Å². The van der Waals surface area contributed by atoms with Crippen LogP contribution >= 0.6 is 0 Å². The third-order valence-electron chi connectivity index (χ3n) is 5.96. The lowest BCUT2D eigenvalue weighted by Gasteiger charge is -2.38. The molecule has 0 unspecified atom stereocenters. The van der Waals surface area contributed by atoms with E-state index >= 15 is 0 Å². The third kappa shape index (κ3) is 4.73. The third-order valence-corrected chi connectivity index (χ3v) is 12.3. The Hall–Kier alpha value is -1.85. The Labute approximate surface area is 180 Å². The van der Waals surface area contributed by atoms with Gasteiger partial charge in [0, 0.05) is 12.5 Å². The molecule has 0 aliphatic carbocycles. The molecule has 4 nitrogen and oxygen atoms in total. The van der Waals surface area contributed by atoms with Crippen LogP contribution in [0.1, 0.15) is 47.1 Å². The molecule has 0 atom stereocenters. The normalized spacial score (nSPS) is 11.9. The molecule has 2 aromatic carbocycles. The summed E-state index contributed by atoms with van der Waals surface area (Å²) in [5.41, 5.74) is 5.10. The van der Waals surface area contributed by atoms with Gasteiger partial charge in [0.2, 0.25) is 0 Å². The Morgan fingerprint density at radius 1 is 1.03 bits per heavy atom. The van der Waals surface area contributed by atoms with E-state index in [9.17, 15) is 14.4 Å². The van der Waals surface area contributed by atoms with Crippen LogP contribution in [0, 0.1) is 17.3 Å². The number of methoxy groups -OCH3 is 1. The van der Waals surface area contributed by atoms with Crippen LogP contribution < -0.4 is 10.2 Å². The lowest BCUT2D eigenvalue weighted by molar-refractivity contribution is 0.0513. The maximum atomic E-state index is 14.9. The van der Waals surface area contributed by atoms with Crippen LogP contribution in [0.5, 0.6) is 5.75 Å². The number of hydrogen-bond donors (Lipinski definition) is 2. The molecule has 0 saturated carbocycles. The smallest absolute Gasteiger partial charge is 0.468 e. The van der Waals surface area contributed by atoms with Crippen molar-refractivity contribution >= 4 is 31.4 Å². The maximum Gasteiger partial charge on any atom is 0.489 e. The summed E-state index contributed by atoms with van der Waals surface area (Å²) in [5.74, 6) is 3.09. The van der Waals surface area contributed by atoms with Gasteiger partial charge in [-0.2, -0.15) is 0 Å². The second-order valence-electron chi connectivity index (χ2n) is 8.60. The molecule has 162 valence electrons. The van der Waals surface area contributed by atoms with Crippen molar-refractivity contribution in [3.63, 3.8) is 0 Å². The molecule has 2 rings (SSSR count). The fraction of sp³-hybridized carbons (Fsp3) is 0.478. The Morgan fingerprint density at radius 2 is 1.63 bits per heavy atom. The molecule has 0 aliphatic heterocycles. The fourth-order valence-electron chi connectivity index (χ4n) is 4.58. The highest BCUT2D eigenvalue weighted by Gasteiger charge is 2.41. The first-order valence-corrected chi connectivity index (χ1v) is 12.6. The summed E-state index contributed by atoms with van der Waals surface area (Å²) in [5, 5.41) is 21.0. The Kier molecular flexibility index (Phi) is 8.12. The van der Waals surface area contributed by atoms with Crippen LogP contribution in [0.3, 0.4) is 0 Å². The molecular weight excluding hydrogens is 398 g/mol. The van der Waals surface area contributed by atoms with E-state index in [2.05, 4.69) is 53.0 Å². The zero-order chi connectivity index (χ0) is 22.6. The second-order valence-corrected chi connectivity index (χ2v) is 14.2. The van der Waals surface area contributed by atoms with E-state index in [1.807, 2.05) is 0 Å². The minimum atomic E-state index is -2.09. The van der Waals surface area contributed by atoms with Crippen LogP contribution in [0.25, 0.3) is 10.8 Å². The van der Waals surface area contributed by atoms with Crippen LogP contribution in [0.15, 0.2) is 24.3 Å². The molecule has 30 heavy (non-hydrogen) atoms. The number of rotatable bonds is 7. The average Bonchev–Trinajstić information content (AvgIpc) is 2.66. The van der Waals surface area contributed by atoms with Crippen molar-refractivity contribution in [2.45, 2.75) is 58.2 Å². The predicted octanol–water partition coefficient (Wildman–Crippen LogP) is 4.21. The Balaban J connectivity index is 2.80. The van der Waals surface area contributed by atoms with Crippen molar-refractivity contribution in [3.05, 3.63) is 35.6 Å². The van der Waals surface area contributed by atoms with Gasteiger partial charge in [0.1, 0.15) is 19.6 Å². The molecule has 2 N–H and O–H groups in total. The van der Waals surface area contributed by atoms with Gasteiger partial charge in [-0.05, 0) is 45.7 Å². The number of fused-ring (bicyclic) bond motifs is 1. The minimum absolute atomic E-state index is 0.0195. The molecule has 0 bridgehead atoms. The molecule has 0 spiro atoms. The van der Waals surface area contributed by atoms with Crippen molar-refractivity contribution in [3.8, 4) is 17.2 Å². The zero-order valence-electron chi connectivity index (χ0n) is 18.9. The first-order chi connectivity index (χ1) is 14.1. The summed E-state index contributed by atoms with van der Waals surface area (Å²) >= 11 is 0. The lowest BCUT2D eigenvalue weighted by atomic mass is 9.76. The molecule has 0 aromatic heterocycles. The maximum absolute atomic E-state index is 14.9. The van der Waals surface area contributed by atoms with Gasteiger partial charge in [0.05, 0.1) is 5.56 Å². The Bertz CT molecular complexity index is 926. The molecule has 7 heteroatoms. The average molecular weight is 430 g/mol. The zero-order valence-corrected chi connectivity index (χ0v) is 19.9.